The number of aromatic nitrogens is 2. The zero-order valence-electron chi connectivity index (χ0n) is 10.4. The number of carboxylic acids is 1. The van der Waals surface area contributed by atoms with Crippen LogP contribution in [0.3, 0.4) is 0 Å². The molecule has 0 radical (unpaired) electrons. The van der Waals surface area contributed by atoms with Crippen molar-refractivity contribution in [2.24, 2.45) is 0 Å². The zero-order valence-corrected chi connectivity index (χ0v) is 12.0. The van der Waals surface area contributed by atoms with Gasteiger partial charge in [0.2, 0.25) is 0 Å². The predicted molar refractivity (Wildman–Crippen MR) is 76.9 cm³/mol. The Morgan fingerprint density at radius 3 is 2.89 bits per heavy atom. The number of nitrogens with zero attached hydrogens (tertiary/aromatic N) is 2. The molecule has 0 saturated carbocycles. The highest BCUT2D eigenvalue weighted by Crippen LogP contribution is 2.27. The summed E-state index contributed by atoms with van der Waals surface area (Å²) < 4.78 is 0. The van der Waals surface area contributed by atoms with Gasteiger partial charge in [0.1, 0.15) is 10.9 Å². The maximum absolute atomic E-state index is 10.6. The minimum Gasteiger partial charge on any atom is -0.481 e. The van der Waals surface area contributed by atoms with Crippen molar-refractivity contribution in [2.45, 2.75) is 24.8 Å². The summed E-state index contributed by atoms with van der Waals surface area (Å²) in [6.45, 7) is 1.98. The van der Waals surface area contributed by atoms with Gasteiger partial charge in [-0.3, -0.25) is 4.79 Å². The van der Waals surface area contributed by atoms with E-state index < -0.39 is 5.97 Å². The minimum absolute atomic E-state index is 0.116. The standard InChI is InChI=1S/C13H13ClN2O2S/c1-2-11-15-10-7-8(14)3-4-9(10)13(16-11)19-6-5-12(17)18/h3-4,7H,2,5-6H2,1H3,(H,17,18). The van der Waals surface area contributed by atoms with E-state index in [0.29, 0.717) is 10.8 Å². The molecular weight excluding hydrogens is 284 g/mol. The number of halogens is 1. The Morgan fingerprint density at radius 1 is 1.42 bits per heavy atom. The molecule has 4 nitrogen and oxygen atoms in total. The van der Waals surface area contributed by atoms with Crippen LogP contribution in [-0.2, 0) is 11.2 Å². The lowest BCUT2D eigenvalue weighted by atomic mass is 10.2. The molecule has 0 amide bonds. The Bertz CT molecular complexity index is 619. The fourth-order valence-electron chi connectivity index (χ4n) is 1.62. The van der Waals surface area contributed by atoms with E-state index in [0.717, 1.165) is 28.2 Å². The monoisotopic (exact) mass is 296 g/mol. The summed E-state index contributed by atoms with van der Waals surface area (Å²) in [7, 11) is 0. The zero-order chi connectivity index (χ0) is 13.8. The van der Waals surface area contributed by atoms with Gasteiger partial charge in [0.05, 0.1) is 11.9 Å². The fraction of sp³-hybridized carbons (Fsp3) is 0.308. The number of carbonyl (C=O) groups is 1. The Kier molecular flexibility index (Phi) is 4.61. The summed E-state index contributed by atoms with van der Waals surface area (Å²) >= 11 is 7.41. The van der Waals surface area contributed by atoms with E-state index in [1.54, 1.807) is 12.1 Å². The van der Waals surface area contributed by atoms with Gasteiger partial charge in [-0.05, 0) is 18.2 Å². The SMILES string of the molecule is CCc1nc(SCCC(=O)O)c2ccc(Cl)cc2n1. The van der Waals surface area contributed by atoms with E-state index >= 15 is 0 Å². The summed E-state index contributed by atoms with van der Waals surface area (Å²) in [5, 5.41) is 11.0. The number of hydrogen-bond donors (Lipinski definition) is 1. The average molecular weight is 297 g/mol. The van der Waals surface area contributed by atoms with Crippen molar-refractivity contribution in [3.63, 3.8) is 0 Å². The number of thioether (sulfide) groups is 1. The Balaban J connectivity index is 2.37. The first-order chi connectivity index (χ1) is 9.10. The Hall–Kier alpha value is -1.33. The molecule has 1 heterocycles. The molecule has 0 unspecified atom stereocenters. The number of hydrogen-bond acceptors (Lipinski definition) is 4. The summed E-state index contributed by atoms with van der Waals surface area (Å²) in [6, 6.07) is 5.47. The van der Waals surface area contributed by atoms with Gasteiger partial charge in [0.15, 0.2) is 0 Å². The van der Waals surface area contributed by atoms with E-state index in [4.69, 9.17) is 16.7 Å². The fourth-order valence-corrected chi connectivity index (χ4v) is 2.76. The third-order valence-corrected chi connectivity index (χ3v) is 3.77. The van der Waals surface area contributed by atoms with Crippen molar-refractivity contribution >= 4 is 40.2 Å². The van der Waals surface area contributed by atoms with Crippen LogP contribution < -0.4 is 0 Å². The van der Waals surface area contributed by atoms with Crippen molar-refractivity contribution < 1.29 is 9.90 Å². The summed E-state index contributed by atoms with van der Waals surface area (Å²) in [6.07, 6.45) is 0.847. The normalized spacial score (nSPS) is 10.8. The molecule has 0 aliphatic carbocycles. The Labute approximate surface area is 120 Å². The molecule has 0 aliphatic rings. The van der Waals surface area contributed by atoms with Crippen molar-refractivity contribution in [1.29, 1.82) is 0 Å². The molecule has 0 saturated heterocycles. The second-order valence-electron chi connectivity index (χ2n) is 3.95. The number of rotatable bonds is 5. The van der Waals surface area contributed by atoms with Gasteiger partial charge < -0.3 is 5.11 Å². The molecule has 1 aromatic heterocycles. The topological polar surface area (TPSA) is 63.1 Å². The van der Waals surface area contributed by atoms with Crippen molar-refractivity contribution in [3.8, 4) is 0 Å². The Morgan fingerprint density at radius 2 is 2.21 bits per heavy atom. The largest absolute Gasteiger partial charge is 0.481 e. The second kappa shape index (κ2) is 6.21. The molecule has 0 atom stereocenters. The van der Waals surface area contributed by atoms with Crippen LogP contribution >= 0.6 is 23.4 Å². The highest BCUT2D eigenvalue weighted by atomic mass is 35.5. The van der Waals surface area contributed by atoms with Gasteiger partial charge in [-0.2, -0.15) is 0 Å². The molecule has 6 heteroatoms. The van der Waals surface area contributed by atoms with Crippen molar-refractivity contribution in [3.05, 3.63) is 29.0 Å². The second-order valence-corrected chi connectivity index (χ2v) is 5.47. The van der Waals surface area contributed by atoms with Crippen LogP contribution in [0.2, 0.25) is 5.02 Å². The van der Waals surface area contributed by atoms with Gasteiger partial charge >= 0.3 is 5.97 Å². The molecule has 0 bridgehead atoms. The molecule has 0 spiro atoms. The van der Waals surface area contributed by atoms with Crippen LogP contribution in [0.1, 0.15) is 19.2 Å². The van der Waals surface area contributed by atoms with E-state index in [1.807, 2.05) is 13.0 Å². The highest BCUT2D eigenvalue weighted by Gasteiger charge is 2.09. The number of aliphatic carboxylic acids is 1. The van der Waals surface area contributed by atoms with Crippen LogP contribution in [0.4, 0.5) is 0 Å². The number of carboxylic acid groups (broad SMARTS) is 1. The van der Waals surface area contributed by atoms with E-state index in [-0.39, 0.29) is 6.42 Å². The van der Waals surface area contributed by atoms with Crippen LogP contribution in [0, 0.1) is 0 Å². The van der Waals surface area contributed by atoms with Crippen molar-refractivity contribution in [2.75, 3.05) is 5.75 Å². The molecule has 1 N–H and O–H groups in total. The maximum atomic E-state index is 10.6. The molecule has 2 rings (SSSR count). The highest BCUT2D eigenvalue weighted by molar-refractivity contribution is 7.99. The quantitative estimate of drug-likeness (QED) is 0.676. The maximum Gasteiger partial charge on any atom is 0.304 e. The average Bonchev–Trinajstić information content (AvgIpc) is 2.37. The smallest absolute Gasteiger partial charge is 0.304 e. The summed E-state index contributed by atoms with van der Waals surface area (Å²) in [4.78, 5) is 19.5. The first-order valence-electron chi connectivity index (χ1n) is 5.91. The number of benzene rings is 1. The summed E-state index contributed by atoms with van der Waals surface area (Å²) in [5.41, 5.74) is 0.803. The lowest BCUT2D eigenvalue weighted by Gasteiger charge is -2.07. The number of aryl methyl sites for hydroxylation is 1. The van der Waals surface area contributed by atoms with Crippen LogP contribution in [0.25, 0.3) is 10.9 Å². The van der Waals surface area contributed by atoms with Crippen molar-refractivity contribution in [1.82, 2.24) is 9.97 Å². The summed E-state index contributed by atoms with van der Waals surface area (Å²) in [5.74, 6) is 0.435. The predicted octanol–water partition coefficient (Wildman–Crippen LogP) is 3.41. The van der Waals surface area contributed by atoms with Gasteiger partial charge in [-0.25, -0.2) is 9.97 Å². The van der Waals surface area contributed by atoms with Gasteiger partial charge in [0.25, 0.3) is 0 Å². The lowest BCUT2D eigenvalue weighted by molar-refractivity contribution is -0.136. The molecule has 100 valence electrons. The first kappa shape index (κ1) is 14.1. The van der Waals surface area contributed by atoms with Crippen LogP contribution in [0.5, 0.6) is 0 Å². The van der Waals surface area contributed by atoms with E-state index in [1.165, 1.54) is 11.8 Å². The molecule has 19 heavy (non-hydrogen) atoms. The molecule has 2 aromatic rings. The lowest BCUT2D eigenvalue weighted by Crippen LogP contribution is -1.99. The third kappa shape index (κ3) is 3.58. The third-order valence-electron chi connectivity index (χ3n) is 2.54. The van der Waals surface area contributed by atoms with Gasteiger partial charge in [-0.1, -0.05) is 18.5 Å². The van der Waals surface area contributed by atoms with Gasteiger partial charge in [0, 0.05) is 22.6 Å². The molecular formula is C13H13ClN2O2S. The van der Waals surface area contributed by atoms with Crippen LogP contribution in [-0.4, -0.2) is 26.8 Å². The van der Waals surface area contributed by atoms with E-state index in [9.17, 15) is 4.79 Å². The first-order valence-corrected chi connectivity index (χ1v) is 7.27. The van der Waals surface area contributed by atoms with Crippen LogP contribution in [0.15, 0.2) is 23.2 Å². The molecule has 0 aliphatic heterocycles. The van der Waals surface area contributed by atoms with Gasteiger partial charge in [-0.15, -0.1) is 11.8 Å². The minimum atomic E-state index is -0.801. The van der Waals surface area contributed by atoms with E-state index in [2.05, 4.69) is 9.97 Å². The number of fused-ring (bicyclic) bond motifs is 1. The molecule has 1 aromatic carbocycles. The molecule has 0 fully saturated rings.